The fourth-order valence-corrected chi connectivity index (χ4v) is 1.12. The zero-order chi connectivity index (χ0) is 10.1. The first-order chi connectivity index (χ1) is 6.72. The highest BCUT2D eigenvalue weighted by molar-refractivity contribution is 5.81. The summed E-state index contributed by atoms with van der Waals surface area (Å²) in [6.07, 6.45) is 1.84. The molecule has 2 aromatic heterocycles. The molecule has 0 radical (unpaired) electrons. The molecule has 0 fully saturated rings. The van der Waals surface area contributed by atoms with Gasteiger partial charge in [-0.25, -0.2) is 15.0 Å². The zero-order valence-corrected chi connectivity index (χ0v) is 7.31. The molecule has 2 aromatic rings. The molecule has 1 atom stereocenters. The van der Waals surface area contributed by atoms with Gasteiger partial charge in [0.2, 0.25) is 0 Å². The Bertz CT molecular complexity index is 478. The molecule has 0 aliphatic heterocycles. The molecule has 6 nitrogen and oxygen atoms in total. The molecule has 0 aliphatic rings. The van der Waals surface area contributed by atoms with E-state index in [1.807, 2.05) is 0 Å². The maximum atomic E-state index is 9.42. The van der Waals surface area contributed by atoms with E-state index in [0.717, 1.165) is 0 Å². The highest BCUT2D eigenvalue weighted by atomic mass is 16.3. The lowest BCUT2D eigenvalue weighted by atomic mass is 10.3. The molecule has 0 spiro atoms. The number of fused-ring (bicyclic) bond motifs is 1. The minimum Gasteiger partial charge on any atom is -0.382 e. The van der Waals surface area contributed by atoms with Crippen molar-refractivity contribution in [1.82, 2.24) is 19.9 Å². The van der Waals surface area contributed by atoms with Crippen molar-refractivity contribution in [2.45, 2.75) is 6.10 Å². The number of aliphatic hydroxyl groups excluding tert-OH is 1. The summed E-state index contributed by atoms with van der Waals surface area (Å²) in [7, 11) is 0. The Morgan fingerprint density at radius 3 is 3.00 bits per heavy atom. The summed E-state index contributed by atoms with van der Waals surface area (Å²) in [6.45, 7) is 3.45. The van der Waals surface area contributed by atoms with Gasteiger partial charge in [-0.15, -0.1) is 6.58 Å². The van der Waals surface area contributed by atoms with E-state index in [4.69, 9.17) is 5.73 Å². The third kappa shape index (κ3) is 1.21. The average molecular weight is 191 g/mol. The van der Waals surface area contributed by atoms with E-state index in [-0.39, 0.29) is 0 Å². The van der Waals surface area contributed by atoms with E-state index in [0.29, 0.717) is 22.8 Å². The number of hydrogen-bond donors (Lipinski definition) is 3. The van der Waals surface area contributed by atoms with E-state index in [1.165, 1.54) is 12.4 Å². The summed E-state index contributed by atoms with van der Waals surface area (Å²) in [5, 5.41) is 9.42. The van der Waals surface area contributed by atoms with Crippen LogP contribution < -0.4 is 5.73 Å². The SMILES string of the molecule is C=CC(O)c1nc2ncnc(N)c2[nH]1. The molecule has 14 heavy (non-hydrogen) atoms. The molecular formula is C8H9N5O. The van der Waals surface area contributed by atoms with Gasteiger partial charge < -0.3 is 15.8 Å². The van der Waals surface area contributed by atoms with Crippen LogP contribution in [0.4, 0.5) is 5.82 Å². The maximum Gasteiger partial charge on any atom is 0.183 e. The van der Waals surface area contributed by atoms with Crippen molar-refractivity contribution in [3.05, 3.63) is 24.8 Å². The van der Waals surface area contributed by atoms with Crippen LogP contribution in [-0.2, 0) is 0 Å². The number of H-pyrrole nitrogens is 1. The summed E-state index contributed by atoms with van der Waals surface area (Å²) >= 11 is 0. The van der Waals surface area contributed by atoms with Gasteiger partial charge in [-0.3, -0.25) is 0 Å². The van der Waals surface area contributed by atoms with E-state index in [1.54, 1.807) is 0 Å². The fraction of sp³-hybridized carbons (Fsp3) is 0.125. The topological polar surface area (TPSA) is 101 Å². The minimum absolute atomic E-state index is 0.310. The Balaban J connectivity index is 2.62. The van der Waals surface area contributed by atoms with E-state index in [9.17, 15) is 5.11 Å². The highest BCUT2D eigenvalue weighted by Gasteiger charge is 2.11. The van der Waals surface area contributed by atoms with E-state index in [2.05, 4.69) is 26.5 Å². The normalized spacial score (nSPS) is 12.9. The summed E-state index contributed by atoms with van der Waals surface area (Å²) in [4.78, 5) is 14.6. The Morgan fingerprint density at radius 1 is 1.57 bits per heavy atom. The Hall–Kier alpha value is -1.95. The quantitative estimate of drug-likeness (QED) is 0.587. The third-order valence-electron chi connectivity index (χ3n) is 1.84. The molecule has 0 amide bonds. The van der Waals surface area contributed by atoms with Crippen LogP contribution >= 0.6 is 0 Å². The van der Waals surface area contributed by atoms with Crippen molar-refractivity contribution >= 4 is 17.0 Å². The van der Waals surface area contributed by atoms with Gasteiger partial charge in [-0.05, 0) is 0 Å². The number of imidazole rings is 1. The van der Waals surface area contributed by atoms with Crippen LogP contribution in [0.2, 0.25) is 0 Å². The van der Waals surface area contributed by atoms with Crippen molar-refractivity contribution in [3.8, 4) is 0 Å². The molecule has 2 heterocycles. The smallest absolute Gasteiger partial charge is 0.183 e. The fourth-order valence-electron chi connectivity index (χ4n) is 1.12. The van der Waals surface area contributed by atoms with Gasteiger partial charge in [0, 0.05) is 0 Å². The first-order valence-corrected chi connectivity index (χ1v) is 3.99. The molecule has 0 saturated carbocycles. The van der Waals surface area contributed by atoms with Crippen molar-refractivity contribution < 1.29 is 5.11 Å². The first kappa shape index (κ1) is 8.64. The van der Waals surface area contributed by atoms with Crippen molar-refractivity contribution in [2.24, 2.45) is 0 Å². The van der Waals surface area contributed by atoms with Crippen LogP contribution in [0.25, 0.3) is 11.2 Å². The van der Waals surface area contributed by atoms with Crippen molar-refractivity contribution in [1.29, 1.82) is 0 Å². The van der Waals surface area contributed by atoms with Crippen molar-refractivity contribution in [2.75, 3.05) is 5.73 Å². The molecule has 0 aromatic carbocycles. The molecule has 0 aliphatic carbocycles. The van der Waals surface area contributed by atoms with Gasteiger partial charge in [-0.2, -0.15) is 0 Å². The molecule has 6 heteroatoms. The van der Waals surface area contributed by atoms with Gasteiger partial charge in [0.25, 0.3) is 0 Å². The lowest BCUT2D eigenvalue weighted by Crippen LogP contribution is -1.94. The van der Waals surface area contributed by atoms with Crippen molar-refractivity contribution in [3.63, 3.8) is 0 Å². The number of aromatic amines is 1. The van der Waals surface area contributed by atoms with Gasteiger partial charge in [-0.1, -0.05) is 6.08 Å². The van der Waals surface area contributed by atoms with Gasteiger partial charge in [0.15, 0.2) is 11.5 Å². The second-order valence-corrected chi connectivity index (χ2v) is 2.76. The molecule has 72 valence electrons. The number of anilines is 1. The van der Waals surface area contributed by atoms with Crippen LogP contribution in [0.15, 0.2) is 19.0 Å². The average Bonchev–Trinajstić information content (AvgIpc) is 2.62. The number of rotatable bonds is 2. The van der Waals surface area contributed by atoms with Gasteiger partial charge in [0.05, 0.1) is 0 Å². The first-order valence-electron chi connectivity index (χ1n) is 3.99. The van der Waals surface area contributed by atoms with Crippen LogP contribution in [0, 0.1) is 0 Å². The number of nitrogen functional groups attached to an aromatic ring is 1. The van der Waals surface area contributed by atoms with E-state index < -0.39 is 6.10 Å². The molecule has 0 saturated heterocycles. The second kappa shape index (κ2) is 3.08. The largest absolute Gasteiger partial charge is 0.382 e. The Kier molecular flexibility index (Phi) is 1.90. The molecular weight excluding hydrogens is 182 g/mol. The molecule has 2 rings (SSSR count). The lowest BCUT2D eigenvalue weighted by Gasteiger charge is -1.97. The monoisotopic (exact) mass is 191 g/mol. The standard InChI is InChI=1S/C8H9N5O/c1-2-4(14)7-12-5-6(9)10-3-11-8(5)13-7/h2-4,14H,1H2,(H3,9,10,11,12,13). The maximum absolute atomic E-state index is 9.42. The number of nitrogens with two attached hydrogens (primary N) is 1. The minimum atomic E-state index is -0.844. The molecule has 1 unspecified atom stereocenters. The summed E-state index contributed by atoms with van der Waals surface area (Å²) in [6, 6.07) is 0. The van der Waals surface area contributed by atoms with Crippen LogP contribution in [0.5, 0.6) is 0 Å². The Labute approximate surface area is 79.5 Å². The number of hydrogen-bond acceptors (Lipinski definition) is 5. The number of aromatic nitrogens is 4. The summed E-state index contributed by atoms with van der Waals surface area (Å²) < 4.78 is 0. The van der Waals surface area contributed by atoms with Gasteiger partial charge >= 0.3 is 0 Å². The molecule has 4 N–H and O–H groups in total. The third-order valence-corrected chi connectivity index (χ3v) is 1.84. The number of aliphatic hydroxyl groups is 1. The zero-order valence-electron chi connectivity index (χ0n) is 7.31. The van der Waals surface area contributed by atoms with Crippen LogP contribution in [0.1, 0.15) is 11.9 Å². The highest BCUT2D eigenvalue weighted by Crippen LogP contribution is 2.17. The lowest BCUT2D eigenvalue weighted by molar-refractivity contribution is 0.220. The summed E-state index contributed by atoms with van der Waals surface area (Å²) in [5.74, 6) is 0.673. The number of nitrogens with zero attached hydrogens (tertiary/aromatic N) is 3. The molecule has 0 bridgehead atoms. The second-order valence-electron chi connectivity index (χ2n) is 2.76. The van der Waals surface area contributed by atoms with Crippen LogP contribution in [0.3, 0.4) is 0 Å². The van der Waals surface area contributed by atoms with E-state index >= 15 is 0 Å². The number of nitrogens with one attached hydrogen (secondary N) is 1. The predicted octanol–water partition coefficient (Wildman–Crippen LogP) is 0.154. The Morgan fingerprint density at radius 2 is 2.36 bits per heavy atom. The predicted molar refractivity (Wildman–Crippen MR) is 51.3 cm³/mol. The van der Waals surface area contributed by atoms with Gasteiger partial charge in [0.1, 0.15) is 23.8 Å². The van der Waals surface area contributed by atoms with Crippen LogP contribution in [-0.4, -0.2) is 25.0 Å². The summed E-state index contributed by atoms with van der Waals surface area (Å²) in [5.41, 5.74) is 6.55.